The SMILES string of the molecule is CCc1nc(N2CCN(c3ccc(Cl)cc3)CC2)c2c(C)c(C)sc2n1. The van der Waals surface area contributed by atoms with Crippen LogP contribution in [0.2, 0.25) is 5.02 Å². The van der Waals surface area contributed by atoms with Crippen molar-refractivity contribution in [3.63, 3.8) is 0 Å². The van der Waals surface area contributed by atoms with Gasteiger partial charge in [-0.3, -0.25) is 0 Å². The van der Waals surface area contributed by atoms with Gasteiger partial charge in [0.15, 0.2) is 0 Å². The lowest BCUT2D eigenvalue weighted by Gasteiger charge is -2.37. The Morgan fingerprint density at radius 2 is 1.65 bits per heavy atom. The van der Waals surface area contributed by atoms with E-state index in [0.717, 1.165) is 54.1 Å². The van der Waals surface area contributed by atoms with E-state index in [1.807, 2.05) is 12.1 Å². The van der Waals surface area contributed by atoms with E-state index in [2.05, 4.69) is 42.7 Å². The van der Waals surface area contributed by atoms with E-state index in [0.29, 0.717) is 0 Å². The minimum atomic E-state index is 0.783. The second-order valence-corrected chi connectivity index (χ2v) is 8.37. The van der Waals surface area contributed by atoms with Gasteiger partial charge in [-0.15, -0.1) is 11.3 Å². The molecule has 0 aliphatic carbocycles. The largest absolute Gasteiger partial charge is 0.368 e. The summed E-state index contributed by atoms with van der Waals surface area (Å²) in [6, 6.07) is 8.12. The molecule has 2 aromatic heterocycles. The Labute approximate surface area is 163 Å². The van der Waals surface area contributed by atoms with Crippen molar-refractivity contribution in [1.29, 1.82) is 0 Å². The molecule has 0 unspecified atom stereocenters. The third kappa shape index (κ3) is 3.14. The number of benzene rings is 1. The monoisotopic (exact) mass is 386 g/mol. The van der Waals surface area contributed by atoms with Crippen molar-refractivity contribution in [2.75, 3.05) is 36.0 Å². The maximum atomic E-state index is 6.01. The summed E-state index contributed by atoms with van der Waals surface area (Å²) in [5, 5.41) is 2.02. The van der Waals surface area contributed by atoms with Gasteiger partial charge in [0.25, 0.3) is 0 Å². The van der Waals surface area contributed by atoms with E-state index in [1.54, 1.807) is 11.3 Å². The highest BCUT2D eigenvalue weighted by Gasteiger charge is 2.23. The van der Waals surface area contributed by atoms with Gasteiger partial charge in [-0.1, -0.05) is 18.5 Å². The van der Waals surface area contributed by atoms with Crippen molar-refractivity contribution in [2.24, 2.45) is 0 Å². The number of anilines is 2. The molecule has 6 heteroatoms. The first-order valence-corrected chi connectivity index (χ1v) is 10.3. The highest BCUT2D eigenvalue weighted by molar-refractivity contribution is 7.18. The van der Waals surface area contributed by atoms with Crippen molar-refractivity contribution < 1.29 is 0 Å². The quantitative estimate of drug-likeness (QED) is 0.644. The average Bonchev–Trinajstić information content (AvgIpc) is 2.96. The maximum Gasteiger partial charge on any atom is 0.141 e. The standard InChI is InChI=1S/C20H23ClN4S/c1-4-17-22-19(18-13(2)14(3)26-20(18)23-17)25-11-9-24(10-12-25)16-7-5-15(21)6-8-16/h5-8H,4,9-12H2,1-3H3. The lowest BCUT2D eigenvalue weighted by atomic mass is 10.2. The van der Waals surface area contributed by atoms with Gasteiger partial charge in [0.05, 0.1) is 5.39 Å². The van der Waals surface area contributed by atoms with Crippen LogP contribution in [0.4, 0.5) is 11.5 Å². The zero-order valence-electron chi connectivity index (χ0n) is 15.4. The zero-order chi connectivity index (χ0) is 18.3. The first-order valence-electron chi connectivity index (χ1n) is 9.09. The van der Waals surface area contributed by atoms with Gasteiger partial charge in [0.1, 0.15) is 16.5 Å². The predicted octanol–water partition coefficient (Wildman–Crippen LogP) is 4.85. The van der Waals surface area contributed by atoms with Crippen LogP contribution in [0.15, 0.2) is 24.3 Å². The zero-order valence-corrected chi connectivity index (χ0v) is 17.0. The van der Waals surface area contributed by atoms with Crippen LogP contribution in [-0.4, -0.2) is 36.1 Å². The molecule has 0 atom stereocenters. The molecular formula is C20H23ClN4S. The summed E-state index contributed by atoms with van der Waals surface area (Å²) in [5.41, 5.74) is 2.56. The van der Waals surface area contributed by atoms with E-state index >= 15 is 0 Å². The molecule has 1 aromatic carbocycles. The predicted molar refractivity (Wildman–Crippen MR) is 112 cm³/mol. The molecule has 1 fully saturated rings. The number of rotatable bonds is 3. The number of hydrogen-bond donors (Lipinski definition) is 0. The Kier molecular flexibility index (Phi) is 4.76. The van der Waals surface area contributed by atoms with Crippen LogP contribution >= 0.6 is 22.9 Å². The van der Waals surface area contributed by atoms with Gasteiger partial charge in [0, 0.05) is 48.2 Å². The number of hydrogen-bond acceptors (Lipinski definition) is 5. The Morgan fingerprint density at radius 3 is 2.31 bits per heavy atom. The second-order valence-electron chi connectivity index (χ2n) is 6.73. The van der Waals surface area contributed by atoms with E-state index in [-0.39, 0.29) is 0 Å². The van der Waals surface area contributed by atoms with Crippen LogP contribution in [0.1, 0.15) is 23.2 Å². The van der Waals surface area contributed by atoms with Crippen LogP contribution in [0.3, 0.4) is 0 Å². The minimum Gasteiger partial charge on any atom is -0.368 e. The summed E-state index contributed by atoms with van der Waals surface area (Å²) in [5.74, 6) is 2.05. The van der Waals surface area contributed by atoms with Crippen molar-refractivity contribution in [3.05, 3.63) is 45.6 Å². The Morgan fingerprint density at radius 1 is 1.00 bits per heavy atom. The Balaban J connectivity index is 1.62. The smallest absolute Gasteiger partial charge is 0.141 e. The van der Waals surface area contributed by atoms with Crippen LogP contribution in [0, 0.1) is 13.8 Å². The first kappa shape index (κ1) is 17.6. The van der Waals surface area contributed by atoms with Gasteiger partial charge in [-0.05, 0) is 43.7 Å². The highest BCUT2D eigenvalue weighted by Crippen LogP contribution is 2.35. The van der Waals surface area contributed by atoms with Crippen LogP contribution in [0.5, 0.6) is 0 Å². The lowest BCUT2D eigenvalue weighted by molar-refractivity contribution is 0.647. The third-order valence-electron chi connectivity index (χ3n) is 5.14. The molecule has 4 nitrogen and oxygen atoms in total. The van der Waals surface area contributed by atoms with Crippen molar-refractivity contribution >= 4 is 44.7 Å². The molecule has 3 aromatic rings. The van der Waals surface area contributed by atoms with E-state index < -0.39 is 0 Å². The molecule has 1 aliphatic rings. The molecule has 26 heavy (non-hydrogen) atoms. The van der Waals surface area contributed by atoms with Gasteiger partial charge < -0.3 is 9.80 Å². The van der Waals surface area contributed by atoms with Crippen molar-refractivity contribution in [1.82, 2.24) is 9.97 Å². The maximum absolute atomic E-state index is 6.01. The molecular weight excluding hydrogens is 364 g/mol. The fourth-order valence-corrected chi connectivity index (χ4v) is 4.66. The number of piperazine rings is 1. The molecule has 3 heterocycles. The number of fused-ring (bicyclic) bond motifs is 1. The van der Waals surface area contributed by atoms with E-state index in [4.69, 9.17) is 21.6 Å². The number of aromatic nitrogens is 2. The number of halogens is 1. The summed E-state index contributed by atoms with van der Waals surface area (Å²) >= 11 is 7.80. The molecule has 0 saturated carbocycles. The summed E-state index contributed by atoms with van der Waals surface area (Å²) in [7, 11) is 0. The van der Waals surface area contributed by atoms with Crippen molar-refractivity contribution in [3.8, 4) is 0 Å². The molecule has 0 radical (unpaired) electrons. The number of nitrogens with zero attached hydrogens (tertiary/aromatic N) is 4. The lowest BCUT2D eigenvalue weighted by Crippen LogP contribution is -2.47. The molecule has 136 valence electrons. The molecule has 1 aliphatic heterocycles. The number of aryl methyl sites for hydroxylation is 3. The molecule has 0 amide bonds. The minimum absolute atomic E-state index is 0.783. The highest BCUT2D eigenvalue weighted by atomic mass is 35.5. The van der Waals surface area contributed by atoms with E-state index in [9.17, 15) is 0 Å². The average molecular weight is 387 g/mol. The fourth-order valence-electron chi connectivity index (χ4n) is 3.49. The van der Waals surface area contributed by atoms with Crippen LogP contribution in [0.25, 0.3) is 10.2 Å². The second kappa shape index (κ2) is 7.05. The van der Waals surface area contributed by atoms with Gasteiger partial charge in [-0.2, -0.15) is 0 Å². The molecule has 1 saturated heterocycles. The topological polar surface area (TPSA) is 32.3 Å². The van der Waals surface area contributed by atoms with Gasteiger partial charge >= 0.3 is 0 Å². The van der Waals surface area contributed by atoms with E-state index in [1.165, 1.54) is 21.5 Å². The van der Waals surface area contributed by atoms with Gasteiger partial charge in [-0.25, -0.2) is 9.97 Å². The fraction of sp³-hybridized carbons (Fsp3) is 0.400. The molecule has 0 bridgehead atoms. The molecule has 0 spiro atoms. The Bertz CT molecular complexity index is 927. The van der Waals surface area contributed by atoms with Crippen molar-refractivity contribution in [2.45, 2.75) is 27.2 Å². The first-order chi connectivity index (χ1) is 12.6. The molecule has 0 N–H and O–H groups in total. The number of thiophene rings is 1. The summed E-state index contributed by atoms with van der Waals surface area (Å²) in [4.78, 5) is 17.0. The molecule has 4 rings (SSSR count). The van der Waals surface area contributed by atoms with Crippen LogP contribution in [-0.2, 0) is 6.42 Å². The summed E-state index contributed by atoms with van der Waals surface area (Å²) < 4.78 is 0. The Hall–Kier alpha value is -1.85. The summed E-state index contributed by atoms with van der Waals surface area (Å²) in [6.07, 6.45) is 0.865. The van der Waals surface area contributed by atoms with Gasteiger partial charge in [0.2, 0.25) is 0 Å². The van der Waals surface area contributed by atoms with Crippen LogP contribution < -0.4 is 9.80 Å². The summed E-state index contributed by atoms with van der Waals surface area (Å²) in [6.45, 7) is 10.4. The third-order valence-corrected chi connectivity index (χ3v) is 6.50. The normalized spacial score (nSPS) is 15.1.